The molecular formula is C20H21N3O4S. The summed E-state index contributed by atoms with van der Waals surface area (Å²) in [5.74, 6) is 1.83. The van der Waals surface area contributed by atoms with Crippen LogP contribution in [-0.2, 0) is 4.74 Å². The molecular weight excluding hydrogens is 378 g/mol. The van der Waals surface area contributed by atoms with Crippen molar-refractivity contribution >= 4 is 21.6 Å². The number of rotatable bonds is 6. The predicted molar refractivity (Wildman–Crippen MR) is 107 cm³/mol. The zero-order valence-electron chi connectivity index (χ0n) is 15.6. The highest BCUT2D eigenvalue weighted by molar-refractivity contribution is 7.17. The van der Waals surface area contributed by atoms with E-state index in [4.69, 9.17) is 14.2 Å². The Morgan fingerprint density at radius 2 is 2.14 bits per heavy atom. The van der Waals surface area contributed by atoms with Gasteiger partial charge < -0.3 is 19.2 Å². The molecule has 5 rings (SSSR count). The van der Waals surface area contributed by atoms with Gasteiger partial charge in [-0.05, 0) is 29.6 Å². The van der Waals surface area contributed by atoms with Gasteiger partial charge in [0.15, 0.2) is 11.5 Å². The fourth-order valence-corrected chi connectivity index (χ4v) is 4.59. The minimum atomic E-state index is -0.126. The fourth-order valence-electron chi connectivity index (χ4n) is 3.86. The summed E-state index contributed by atoms with van der Waals surface area (Å²) < 4.78 is 17.4. The van der Waals surface area contributed by atoms with E-state index in [1.54, 1.807) is 7.11 Å². The second-order valence-electron chi connectivity index (χ2n) is 7.47. The SMILES string of the molecule is COc1cc(-c2nc3ccsc3c(=O)[nH]2)ccc1OCCN1CC2(COC2)C1. The van der Waals surface area contributed by atoms with Gasteiger partial charge in [0.1, 0.15) is 17.1 Å². The number of methoxy groups -OCH3 is 1. The lowest BCUT2D eigenvalue weighted by atomic mass is 9.78. The number of hydrogen-bond acceptors (Lipinski definition) is 7. The van der Waals surface area contributed by atoms with E-state index in [1.807, 2.05) is 29.6 Å². The van der Waals surface area contributed by atoms with Crippen LogP contribution in [0.4, 0.5) is 0 Å². The number of thiophene rings is 1. The average molecular weight is 399 g/mol. The van der Waals surface area contributed by atoms with Gasteiger partial charge in [0.25, 0.3) is 5.56 Å². The third kappa shape index (κ3) is 3.07. The van der Waals surface area contributed by atoms with Gasteiger partial charge in [0.2, 0.25) is 0 Å². The first kappa shape index (κ1) is 17.7. The topological polar surface area (TPSA) is 76.7 Å². The zero-order valence-corrected chi connectivity index (χ0v) is 16.4. The zero-order chi connectivity index (χ0) is 19.1. The number of aromatic amines is 1. The van der Waals surface area contributed by atoms with Gasteiger partial charge in [-0.15, -0.1) is 11.3 Å². The Morgan fingerprint density at radius 3 is 2.89 bits per heavy atom. The lowest BCUT2D eigenvalue weighted by molar-refractivity contribution is -0.189. The third-order valence-corrected chi connectivity index (χ3v) is 6.25. The summed E-state index contributed by atoms with van der Waals surface area (Å²) in [6, 6.07) is 7.45. The molecule has 7 nitrogen and oxygen atoms in total. The maximum absolute atomic E-state index is 12.2. The lowest BCUT2D eigenvalue weighted by Crippen LogP contribution is -2.66. The van der Waals surface area contributed by atoms with Crippen LogP contribution in [-0.4, -0.2) is 61.4 Å². The molecule has 1 N–H and O–H groups in total. The first-order valence-electron chi connectivity index (χ1n) is 9.25. The quantitative estimate of drug-likeness (QED) is 0.686. The number of benzene rings is 1. The van der Waals surface area contributed by atoms with E-state index in [0.29, 0.717) is 39.6 Å². The summed E-state index contributed by atoms with van der Waals surface area (Å²) in [5.41, 5.74) is 1.78. The van der Waals surface area contributed by atoms with Crippen molar-refractivity contribution in [1.82, 2.24) is 14.9 Å². The normalized spacial score (nSPS) is 18.0. The molecule has 4 heterocycles. The molecule has 1 spiro atoms. The smallest absolute Gasteiger partial charge is 0.269 e. The highest BCUT2D eigenvalue weighted by Gasteiger charge is 2.48. The first-order valence-corrected chi connectivity index (χ1v) is 10.1. The van der Waals surface area contributed by atoms with Gasteiger partial charge in [-0.25, -0.2) is 4.98 Å². The van der Waals surface area contributed by atoms with Gasteiger partial charge in [-0.1, -0.05) is 0 Å². The minimum Gasteiger partial charge on any atom is -0.493 e. The van der Waals surface area contributed by atoms with E-state index >= 15 is 0 Å². The molecule has 2 saturated heterocycles. The maximum atomic E-state index is 12.2. The molecule has 2 fully saturated rings. The third-order valence-electron chi connectivity index (χ3n) is 5.35. The van der Waals surface area contributed by atoms with Crippen LogP contribution in [0.3, 0.4) is 0 Å². The molecule has 0 radical (unpaired) electrons. The number of ether oxygens (including phenoxy) is 3. The predicted octanol–water partition coefficient (Wildman–Crippen LogP) is 2.37. The number of likely N-dealkylation sites (tertiary alicyclic amines) is 1. The van der Waals surface area contributed by atoms with Gasteiger partial charge >= 0.3 is 0 Å². The molecule has 2 aliphatic heterocycles. The summed E-state index contributed by atoms with van der Waals surface area (Å²) in [6.07, 6.45) is 0. The van der Waals surface area contributed by atoms with Crippen molar-refractivity contribution in [2.24, 2.45) is 5.41 Å². The van der Waals surface area contributed by atoms with E-state index in [2.05, 4.69) is 14.9 Å². The second kappa shape index (κ2) is 6.88. The molecule has 0 atom stereocenters. The highest BCUT2D eigenvalue weighted by atomic mass is 32.1. The van der Waals surface area contributed by atoms with Crippen molar-refractivity contribution in [3.8, 4) is 22.9 Å². The van der Waals surface area contributed by atoms with Crippen molar-refractivity contribution in [1.29, 1.82) is 0 Å². The van der Waals surface area contributed by atoms with Crippen LogP contribution in [0, 0.1) is 5.41 Å². The minimum absolute atomic E-state index is 0.126. The number of aromatic nitrogens is 2. The maximum Gasteiger partial charge on any atom is 0.269 e. The van der Waals surface area contributed by atoms with Gasteiger partial charge in [0.05, 0.1) is 25.8 Å². The molecule has 0 aliphatic carbocycles. The summed E-state index contributed by atoms with van der Waals surface area (Å²) in [7, 11) is 1.61. The molecule has 2 aromatic heterocycles. The standard InChI is InChI=1S/C20H21N3O4S/c1-25-16-8-13(18-21-14-4-7-28-17(14)19(24)22-18)2-3-15(16)27-6-5-23-9-20(10-23)11-26-12-20/h2-4,7-8H,5-6,9-12H2,1H3,(H,21,22,24). The van der Waals surface area contributed by atoms with E-state index in [0.717, 1.165) is 38.4 Å². The Bertz CT molecular complexity index is 1060. The largest absolute Gasteiger partial charge is 0.493 e. The Labute approximate surface area is 165 Å². The van der Waals surface area contributed by atoms with Crippen LogP contribution >= 0.6 is 11.3 Å². The van der Waals surface area contributed by atoms with Crippen molar-refractivity contribution in [2.45, 2.75) is 0 Å². The molecule has 0 saturated carbocycles. The molecule has 2 aliphatic rings. The average Bonchev–Trinajstić information content (AvgIpc) is 3.11. The number of H-pyrrole nitrogens is 1. The number of hydrogen-bond donors (Lipinski definition) is 1. The lowest BCUT2D eigenvalue weighted by Gasteiger charge is -2.55. The van der Waals surface area contributed by atoms with Crippen LogP contribution in [0.5, 0.6) is 11.5 Å². The number of nitrogens with zero attached hydrogens (tertiary/aromatic N) is 2. The van der Waals surface area contributed by atoms with Crippen LogP contribution in [0.2, 0.25) is 0 Å². The van der Waals surface area contributed by atoms with E-state index in [-0.39, 0.29) is 5.56 Å². The van der Waals surface area contributed by atoms with Crippen LogP contribution in [0.1, 0.15) is 0 Å². The number of nitrogens with one attached hydrogen (secondary N) is 1. The summed E-state index contributed by atoms with van der Waals surface area (Å²) in [6.45, 7) is 5.46. The Hall–Kier alpha value is -2.42. The van der Waals surface area contributed by atoms with Crippen LogP contribution in [0.15, 0.2) is 34.4 Å². The van der Waals surface area contributed by atoms with E-state index in [1.165, 1.54) is 11.3 Å². The summed E-state index contributed by atoms with van der Waals surface area (Å²) in [5, 5.41) is 1.87. The monoisotopic (exact) mass is 399 g/mol. The highest BCUT2D eigenvalue weighted by Crippen LogP contribution is 2.37. The Morgan fingerprint density at radius 1 is 1.29 bits per heavy atom. The van der Waals surface area contributed by atoms with Crippen LogP contribution in [0.25, 0.3) is 21.6 Å². The van der Waals surface area contributed by atoms with Crippen LogP contribution < -0.4 is 15.0 Å². The number of fused-ring (bicyclic) bond motifs is 1. The van der Waals surface area contributed by atoms with Gasteiger partial charge in [0, 0.05) is 30.6 Å². The van der Waals surface area contributed by atoms with Crippen molar-refractivity contribution < 1.29 is 14.2 Å². The summed E-state index contributed by atoms with van der Waals surface area (Å²) in [4.78, 5) is 22.0. The molecule has 0 unspecified atom stereocenters. The molecule has 0 amide bonds. The Balaban J connectivity index is 1.28. The first-order chi connectivity index (χ1) is 13.7. The molecule has 1 aromatic carbocycles. The molecule has 8 heteroatoms. The van der Waals surface area contributed by atoms with Crippen molar-refractivity contribution in [2.75, 3.05) is 46.6 Å². The summed E-state index contributed by atoms with van der Waals surface area (Å²) >= 11 is 1.39. The second-order valence-corrected chi connectivity index (χ2v) is 8.38. The van der Waals surface area contributed by atoms with Gasteiger partial charge in [-0.2, -0.15) is 0 Å². The van der Waals surface area contributed by atoms with E-state index < -0.39 is 0 Å². The molecule has 146 valence electrons. The van der Waals surface area contributed by atoms with Crippen molar-refractivity contribution in [3.63, 3.8) is 0 Å². The Kier molecular flexibility index (Phi) is 4.34. The van der Waals surface area contributed by atoms with Gasteiger partial charge in [-0.3, -0.25) is 9.69 Å². The molecule has 0 bridgehead atoms. The molecule has 28 heavy (non-hydrogen) atoms. The fraction of sp³-hybridized carbons (Fsp3) is 0.400. The molecule has 3 aromatic rings. The van der Waals surface area contributed by atoms with E-state index in [9.17, 15) is 4.79 Å². The van der Waals surface area contributed by atoms with Crippen molar-refractivity contribution in [3.05, 3.63) is 40.0 Å².